The Bertz CT molecular complexity index is 364. The zero-order valence-electron chi connectivity index (χ0n) is 9.68. The van der Waals surface area contributed by atoms with Crippen LogP contribution in [0.1, 0.15) is 25.8 Å². The number of oxime groups is 1. The summed E-state index contributed by atoms with van der Waals surface area (Å²) in [5.41, 5.74) is 6.63. The Morgan fingerprint density at radius 1 is 1.56 bits per heavy atom. The van der Waals surface area contributed by atoms with E-state index in [0.717, 1.165) is 12.2 Å². The Morgan fingerprint density at radius 3 is 2.94 bits per heavy atom. The first kappa shape index (κ1) is 12.4. The number of benzene rings is 1. The Morgan fingerprint density at radius 2 is 2.31 bits per heavy atom. The second-order valence-corrected chi connectivity index (χ2v) is 3.72. The van der Waals surface area contributed by atoms with Gasteiger partial charge in [-0.15, -0.1) is 0 Å². The average molecular weight is 222 g/mol. The zero-order chi connectivity index (χ0) is 12.0. The highest BCUT2D eigenvalue weighted by molar-refractivity contribution is 5.80. The topological polar surface area (TPSA) is 67.8 Å². The Kier molecular flexibility index (Phi) is 4.64. The zero-order valence-corrected chi connectivity index (χ0v) is 9.68. The van der Waals surface area contributed by atoms with Crippen LogP contribution in [0.4, 0.5) is 0 Å². The van der Waals surface area contributed by atoms with E-state index < -0.39 is 0 Å². The van der Waals surface area contributed by atoms with E-state index >= 15 is 0 Å². The van der Waals surface area contributed by atoms with Crippen molar-refractivity contribution >= 4 is 5.84 Å². The van der Waals surface area contributed by atoms with Crippen molar-refractivity contribution in [1.29, 1.82) is 0 Å². The van der Waals surface area contributed by atoms with Gasteiger partial charge >= 0.3 is 0 Å². The molecule has 88 valence electrons. The fourth-order valence-electron chi connectivity index (χ4n) is 1.45. The average Bonchev–Trinajstić information content (AvgIpc) is 2.28. The molecule has 0 aliphatic rings. The predicted molar refractivity (Wildman–Crippen MR) is 63.9 cm³/mol. The predicted octanol–water partition coefficient (Wildman–Crippen LogP) is 2.15. The molecule has 1 unspecified atom stereocenters. The van der Waals surface area contributed by atoms with Gasteiger partial charge in [0.15, 0.2) is 0 Å². The van der Waals surface area contributed by atoms with Crippen LogP contribution >= 0.6 is 0 Å². The molecule has 0 radical (unpaired) electrons. The molecule has 0 bridgehead atoms. The molecule has 1 atom stereocenters. The fraction of sp³-hybridized carbons (Fsp3) is 0.417. The lowest BCUT2D eigenvalue weighted by molar-refractivity contribution is 0.226. The van der Waals surface area contributed by atoms with Crippen molar-refractivity contribution in [2.75, 3.05) is 0 Å². The molecule has 1 rings (SSSR count). The molecule has 1 aromatic carbocycles. The molecule has 3 N–H and O–H groups in total. The molecule has 0 spiro atoms. The Hall–Kier alpha value is -1.71. The van der Waals surface area contributed by atoms with Crippen LogP contribution in [0.2, 0.25) is 0 Å². The van der Waals surface area contributed by atoms with E-state index in [9.17, 15) is 0 Å². The molecule has 0 aliphatic carbocycles. The van der Waals surface area contributed by atoms with Crippen LogP contribution in [0.5, 0.6) is 5.75 Å². The summed E-state index contributed by atoms with van der Waals surface area (Å²) >= 11 is 0. The summed E-state index contributed by atoms with van der Waals surface area (Å²) < 4.78 is 5.66. The maximum atomic E-state index is 8.44. The second kappa shape index (κ2) is 6.00. The van der Waals surface area contributed by atoms with E-state index in [0.29, 0.717) is 6.42 Å². The third-order valence-corrected chi connectivity index (χ3v) is 2.27. The van der Waals surface area contributed by atoms with Crippen LogP contribution in [-0.2, 0) is 6.42 Å². The van der Waals surface area contributed by atoms with Gasteiger partial charge in [0.1, 0.15) is 17.7 Å². The molecule has 0 heterocycles. The van der Waals surface area contributed by atoms with Crippen LogP contribution in [0.3, 0.4) is 0 Å². The molecule has 0 aliphatic heterocycles. The Balaban J connectivity index is 2.58. The van der Waals surface area contributed by atoms with E-state index in [1.165, 1.54) is 5.56 Å². The molecule has 0 saturated carbocycles. The van der Waals surface area contributed by atoms with Gasteiger partial charge in [0.2, 0.25) is 0 Å². The van der Waals surface area contributed by atoms with Gasteiger partial charge in [0.25, 0.3) is 0 Å². The van der Waals surface area contributed by atoms with E-state index in [4.69, 9.17) is 15.7 Å². The van der Waals surface area contributed by atoms with Crippen LogP contribution in [-0.4, -0.2) is 17.1 Å². The van der Waals surface area contributed by atoms with Crippen LogP contribution in [0.15, 0.2) is 29.4 Å². The van der Waals surface area contributed by atoms with Gasteiger partial charge in [0, 0.05) is 6.42 Å². The number of nitrogens with zero attached hydrogens (tertiary/aromatic N) is 1. The van der Waals surface area contributed by atoms with Crippen molar-refractivity contribution in [3.8, 4) is 5.75 Å². The Labute approximate surface area is 95.7 Å². The lowest BCUT2D eigenvalue weighted by atomic mass is 10.1. The lowest BCUT2D eigenvalue weighted by Gasteiger charge is -2.14. The number of hydrogen-bond acceptors (Lipinski definition) is 3. The van der Waals surface area contributed by atoms with Crippen molar-refractivity contribution in [2.24, 2.45) is 10.9 Å². The molecule has 1 aromatic rings. The number of amidine groups is 1. The first-order valence-electron chi connectivity index (χ1n) is 5.37. The molecular formula is C12H18N2O2. The normalized spacial score (nSPS) is 13.5. The van der Waals surface area contributed by atoms with Crippen molar-refractivity contribution in [3.05, 3.63) is 29.8 Å². The first-order valence-corrected chi connectivity index (χ1v) is 5.37. The van der Waals surface area contributed by atoms with E-state index in [-0.39, 0.29) is 11.9 Å². The largest absolute Gasteiger partial charge is 0.490 e. The molecule has 4 nitrogen and oxygen atoms in total. The number of nitrogens with two attached hydrogens (primary N) is 1. The highest BCUT2D eigenvalue weighted by atomic mass is 16.5. The van der Waals surface area contributed by atoms with Gasteiger partial charge in [-0.25, -0.2) is 0 Å². The van der Waals surface area contributed by atoms with E-state index in [2.05, 4.69) is 18.1 Å². The van der Waals surface area contributed by atoms with Gasteiger partial charge in [0.05, 0.1) is 0 Å². The monoisotopic (exact) mass is 222 g/mol. The molecule has 16 heavy (non-hydrogen) atoms. The van der Waals surface area contributed by atoms with Gasteiger partial charge < -0.3 is 15.7 Å². The maximum Gasteiger partial charge on any atom is 0.142 e. The van der Waals surface area contributed by atoms with Gasteiger partial charge in [-0.05, 0) is 31.0 Å². The molecule has 0 aromatic heterocycles. The number of rotatable bonds is 5. The van der Waals surface area contributed by atoms with Gasteiger partial charge in [-0.1, -0.05) is 24.2 Å². The summed E-state index contributed by atoms with van der Waals surface area (Å²) in [5, 5.41) is 11.4. The van der Waals surface area contributed by atoms with Gasteiger partial charge in [-0.3, -0.25) is 0 Å². The summed E-state index contributed by atoms with van der Waals surface area (Å²) in [6.45, 7) is 3.98. The highest BCUT2D eigenvalue weighted by Crippen LogP contribution is 2.16. The first-order chi connectivity index (χ1) is 7.65. The van der Waals surface area contributed by atoms with Crippen molar-refractivity contribution in [3.63, 3.8) is 0 Å². The van der Waals surface area contributed by atoms with Crippen LogP contribution < -0.4 is 10.5 Å². The van der Waals surface area contributed by atoms with E-state index in [1.807, 2.05) is 25.1 Å². The van der Waals surface area contributed by atoms with Crippen molar-refractivity contribution < 1.29 is 9.94 Å². The fourth-order valence-corrected chi connectivity index (χ4v) is 1.45. The maximum absolute atomic E-state index is 8.44. The number of aryl methyl sites for hydroxylation is 1. The summed E-state index contributed by atoms with van der Waals surface area (Å²) in [5.74, 6) is 0.997. The SMILES string of the molecule is CCc1cccc(OC(C)CC(N)=NO)c1. The minimum Gasteiger partial charge on any atom is -0.490 e. The lowest BCUT2D eigenvalue weighted by Crippen LogP contribution is -2.22. The van der Waals surface area contributed by atoms with Crippen LogP contribution in [0, 0.1) is 0 Å². The molecular weight excluding hydrogens is 204 g/mol. The molecule has 0 fully saturated rings. The molecule has 0 amide bonds. The number of hydrogen-bond donors (Lipinski definition) is 2. The summed E-state index contributed by atoms with van der Waals surface area (Å²) in [7, 11) is 0. The molecule has 4 heteroatoms. The van der Waals surface area contributed by atoms with Crippen LogP contribution in [0.25, 0.3) is 0 Å². The second-order valence-electron chi connectivity index (χ2n) is 3.72. The standard InChI is InChI=1S/C12H18N2O2/c1-3-10-5-4-6-11(8-10)16-9(2)7-12(13)14-15/h4-6,8-9,15H,3,7H2,1-2H3,(H2,13,14). The third kappa shape index (κ3) is 3.81. The molecule has 0 saturated heterocycles. The van der Waals surface area contributed by atoms with Crippen molar-refractivity contribution in [1.82, 2.24) is 0 Å². The summed E-state index contributed by atoms with van der Waals surface area (Å²) in [4.78, 5) is 0. The van der Waals surface area contributed by atoms with E-state index in [1.54, 1.807) is 0 Å². The minimum absolute atomic E-state index is 0.108. The smallest absolute Gasteiger partial charge is 0.142 e. The summed E-state index contributed by atoms with van der Waals surface area (Å²) in [6, 6.07) is 7.93. The number of ether oxygens (including phenoxy) is 1. The third-order valence-electron chi connectivity index (χ3n) is 2.27. The summed E-state index contributed by atoms with van der Waals surface area (Å²) in [6.07, 6.45) is 1.28. The highest BCUT2D eigenvalue weighted by Gasteiger charge is 2.07. The quantitative estimate of drug-likeness (QED) is 0.347. The minimum atomic E-state index is -0.108. The van der Waals surface area contributed by atoms with Gasteiger partial charge in [-0.2, -0.15) is 0 Å². The van der Waals surface area contributed by atoms with Crippen molar-refractivity contribution in [2.45, 2.75) is 32.8 Å².